The summed E-state index contributed by atoms with van der Waals surface area (Å²) in [5, 5.41) is 7.18. The van der Waals surface area contributed by atoms with E-state index in [0.717, 1.165) is 58.1 Å². The lowest BCUT2D eigenvalue weighted by atomic mass is 10.2. The zero-order valence-corrected chi connectivity index (χ0v) is 18.1. The molecule has 0 radical (unpaired) electrons. The summed E-state index contributed by atoms with van der Waals surface area (Å²) in [6.07, 6.45) is 3.80. The summed E-state index contributed by atoms with van der Waals surface area (Å²) >= 11 is 5.79. The molecular weight excluding hydrogens is 437 g/mol. The molecule has 0 saturated carbocycles. The number of hydrogen-bond donors (Lipinski definition) is 2. The van der Waals surface area contributed by atoms with Gasteiger partial charge in [0.25, 0.3) is 0 Å². The SMILES string of the molecule is CCNC(=NCCCN(CC)CC)NCCc1ccc(Cl)nc1.I. The number of guanidine groups is 1. The third kappa shape index (κ3) is 10.3. The summed E-state index contributed by atoms with van der Waals surface area (Å²) in [5.41, 5.74) is 1.17. The van der Waals surface area contributed by atoms with E-state index in [2.05, 4.69) is 46.3 Å². The van der Waals surface area contributed by atoms with Crippen LogP contribution in [0.4, 0.5) is 0 Å². The van der Waals surface area contributed by atoms with E-state index in [0.29, 0.717) is 5.15 Å². The molecule has 24 heavy (non-hydrogen) atoms. The van der Waals surface area contributed by atoms with Crippen molar-refractivity contribution in [3.05, 3.63) is 29.0 Å². The van der Waals surface area contributed by atoms with Gasteiger partial charge >= 0.3 is 0 Å². The van der Waals surface area contributed by atoms with Crippen molar-refractivity contribution in [2.24, 2.45) is 4.99 Å². The van der Waals surface area contributed by atoms with E-state index < -0.39 is 0 Å². The Hall–Kier alpha value is -0.600. The Morgan fingerprint density at radius 1 is 1.21 bits per heavy atom. The number of halogens is 2. The van der Waals surface area contributed by atoms with Crippen LogP contribution < -0.4 is 10.6 Å². The van der Waals surface area contributed by atoms with Crippen LogP contribution >= 0.6 is 35.6 Å². The molecule has 1 aromatic rings. The number of aliphatic imine (C=N–C) groups is 1. The minimum absolute atomic E-state index is 0. The Balaban J connectivity index is 0.00000529. The first-order valence-electron chi connectivity index (χ1n) is 8.54. The zero-order chi connectivity index (χ0) is 16.9. The Morgan fingerprint density at radius 3 is 2.54 bits per heavy atom. The lowest BCUT2D eigenvalue weighted by Gasteiger charge is -2.17. The van der Waals surface area contributed by atoms with Crippen LogP contribution in [0.1, 0.15) is 32.8 Å². The van der Waals surface area contributed by atoms with Crippen LogP contribution in [0.25, 0.3) is 0 Å². The fourth-order valence-corrected chi connectivity index (χ4v) is 2.36. The van der Waals surface area contributed by atoms with Gasteiger partial charge in [0.2, 0.25) is 0 Å². The van der Waals surface area contributed by atoms with Crippen molar-refractivity contribution in [1.29, 1.82) is 0 Å². The largest absolute Gasteiger partial charge is 0.357 e. The third-order valence-corrected chi connectivity index (χ3v) is 3.86. The number of nitrogens with one attached hydrogen (secondary N) is 2. The van der Waals surface area contributed by atoms with Gasteiger partial charge in [0.1, 0.15) is 5.15 Å². The molecule has 0 saturated heterocycles. The summed E-state index contributed by atoms with van der Waals surface area (Å²) in [5.74, 6) is 0.883. The van der Waals surface area contributed by atoms with Crippen molar-refractivity contribution in [3.63, 3.8) is 0 Å². The molecule has 0 spiro atoms. The average Bonchev–Trinajstić information content (AvgIpc) is 2.56. The first kappa shape index (κ1) is 23.4. The number of hydrogen-bond acceptors (Lipinski definition) is 3. The van der Waals surface area contributed by atoms with E-state index in [9.17, 15) is 0 Å². The van der Waals surface area contributed by atoms with Crippen LogP contribution in [0.2, 0.25) is 5.15 Å². The van der Waals surface area contributed by atoms with Crippen LogP contribution in [0, 0.1) is 0 Å². The highest BCUT2D eigenvalue weighted by Crippen LogP contribution is 2.05. The van der Waals surface area contributed by atoms with Gasteiger partial charge in [-0.05, 0) is 51.0 Å². The van der Waals surface area contributed by atoms with E-state index in [4.69, 9.17) is 11.6 Å². The van der Waals surface area contributed by atoms with Crippen molar-refractivity contribution in [2.45, 2.75) is 33.6 Å². The first-order valence-corrected chi connectivity index (χ1v) is 8.92. The molecule has 1 rings (SSSR count). The molecule has 2 N–H and O–H groups in total. The summed E-state index contributed by atoms with van der Waals surface area (Å²) in [4.78, 5) is 11.1. The summed E-state index contributed by atoms with van der Waals surface area (Å²) in [7, 11) is 0. The van der Waals surface area contributed by atoms with Crippen LogP contribution in [0.5, 0.6) is 0 Å². The van der Waals surface area contributed by atoms with E-state index in [-0.39, 0.29) is 24.0 Å². The quantitative estimate of drug-likeness (QED) is 0.182. The lowest BCUT2D eigenvalue weighted by Crippen LogP contribution is -2.38. The molecule has 0 aliphatic rings. The van der Waals surface area contributed by atoms with Crippen molar-refractivity contribution < 1.29 is 0 Å². The highest BCUT2D eigenvalue weighted by Gasteiger charge is 2.00. The molecule has 5 nitrogen and oxygen atoms in total. The monoisotopic (exact) mass is 467 g/mol. The Morgan fingerprint density at radius 2 is 1.96 bits per heavy atom. The molecule has 1 aromatic heterocycles. The van der Waals surface area contributed by atoms with Gasteiger partial charge in [-0.2, -0.15) is 0 Å². The van der Waals surface area contributed by atoms with Crippen LogP contribution in [0.3, 0.4) is 0 Å². The normalized spacial score (nSPS) is 11.3. The minimum atomic E-state index is 0. The molecule has 1 heterocycles. The van der Waals surface area contributed by atoms with Crippen LogP contribution in [0.15, 0.2) is 23.3 Å². The second-order valence-electron chi connectivity index (χ2n) is 5.31. The molecule has 0 fully saturated rings. The van der Waals surface area contributed by atoms with Gasteiger partial charge in [0.05, 0.1) is 0 Å². The van der Waals surface area contributed by atoms with E-state index in [1.807, 2.05) is 18.3 Å². The average molecular weight is 468 g/mol. The second-order valence-corrected chi connectivity index (χ2v) is 5.69. The van der Waals surface area contributed by atoms with Gasteiger partial charge in [0.15, 0.2) is 5.96 Å². The molecule has 0 amide bonds. The van der Waals surface area contributed by atoms with Gasteiger partial charge in [0, 0.05) is 25.8 Å². The second kappa shape index (κ2) is 14.7. The molecule has 0 aliphatic heterocycles. The first-order chi connectivity index (χ1) is 11.2. The van der Waals surface area contributed by atoms with Gasteiger partial charge in [-0.25, -0.2) is 4.98 Å². The van der Waals surface area contributed by atoms with Gasteiger partial charge < -0.3 is 15.5 Å². The molecule has 7 heteroatoms. The van der Waals surface area contributed by atoms with E-state index in [1.54, 1.807) is 0 Å². The van der Waals surface area contributed by atoms with Crippen molar-refractivity contribution in [1.82, 2.24) is 20.5 Å². The number of pyridine rings is 1. The van der Waals surface area contributed by atoms with Crippen LogP contribution in [-0.4, -0.2) is 55.1 Å². The molecule has 0 unspecified atom stereocenters. The molecule has 0 atom stereocenters. The van der Waals surface area contributed by atoms with Crippen molar-refractivity contribution in [3.8, 4) is 0 Å². The highest BCUT2D eigenvalue weighted by molar-refractivity contribution is 14.0. The highest BCUT2D eigenvalue weighted by atomic mass is 127. The maximum atomic E-state index is 5.79. The Kier molecular flexibility index (Phi) is 14.4. The fourth-order valence-electron chi connectivity index (χ4n) is 2.25. The predicted octanol–water partition coefficient (Wildman–Crippen LogP) is 3.18. The summed E-state index contributed by atoms with van der Waals surface area (Å²) in [6, 6.07) is 3.83. The Labute approximate surface area is 168 Å². The molecular formula is C17H31ClIN5. The summed E-state index contributed by atoms with van der Waals surface area (Å²) in [6.45, 7) is 12.3. The summed E-state index contributed by atoms with van der Waals surface area (Å²) < 4.78 is 0. The van der Waals surface area contributed by atoms with E-state index >= 15 is 0 Å². The van der Waals surface area contributed by atoms with Gasteiger partial charge in [-0.15, -0.1) is 24.0 Å². The molecule has 0 aromatic carbocycles. The van der Waals surface area contributed by atoms with Crippen molar-refractivity contribution >= 4 is 41.5 Å². The fraction of sp³-hybridized carbons (Fsp3) is 0.647. The predicted molar refractivity (Wildman–Crippen MR) is 115 cm³/mol. The molecule has 0 bridgehead atoms. The lowest BCUT2D eigenvalue weighted by molar-refractivity contribution is 0.302. The number of aromatic nitrogens is 1. The van der Waals surface area contributed by atoms with Gasteiger partial charge in [-0.1, -0.05) is 31.5 Å². The smallest absolute Gasteiger partial charge is 0.191 e. The van der Waals surface area contributed by atoms with E-state index in [1.165, 1.54) is 5.56 Å². The molecule has 138 valence electrons. The van der Waals surface area contributed by atoms with Gasteiger partial charge in [-0.3, -0.25) is 4.99 Å². The standard InChI is InChI=1S/C17H30ClN5.HI/c1-4-19-17(20-11-7-13-23(5-2)6-3)21-12-10-15-8-9-16(18)22-14-15;/h8-9,14H,4-7,10-13H2,1-3H3,(H2,19,20,21);1H. The molecule has 0 aliphatic carbocycles. The zero-order valence-electron chi connectivity index (χ0n) is 15.0. The number of rotatable bonds is 10. The maximum Gasteiger partial charge on any atom is 0.191 e. The third-order valence-electron chi connectivity index (χ3n) is 3.64. The van der Waals surface area contributed by atoms with Crippen LogP contribution in [-0.2, 0) is 6.42 Å². The topological polar surface area (TPSA) is 52.6 Å². The van der Waals surface area contributed by atoms with Crippen molar-refractivity contribution in [2.75, 3.05) is 39.3 Å². The minimum Gasteiger partial charge on any atom is -0.357 e. The Bertz CT molecular complexity index is 449. The maximum absolute atomic E-state index is 5.79. The number of nitrogens with zero attached hydrogens (tertiary/aromatic N) is 3.